The summed E-state index contributed by atoms with van der Waals surface area (Å²) >= 11 is 30.0. The Morgan fingerprint density at radius 2 is 0.438 bits per heavy atom. The van der Waals surface area contributed by atoms with E-state index in [9.17, 15) is 0 Å². The Balaban J connectivity index is 1.20. The van der Waals surface area contributed by atoms with E-state index in [4.69, 9.17) is 46.4 Å². The fraction of sp³-hybridized carbons (Fsp3) is 0.657. The molecule has 6 nitrogen and oxygen atoms in total. The lowest BCUT2D eigenvalue weighted by Crippen LogP contribution is -2.47. The van der Waals surface area contributed by atoms with Gasteiger partial charge in [-0.25, -0.2) is 0 Å². The molecule has 10 heteroatoms. The van der Waals surface area contributed by atoms with Gasteiger partial charge in [-0.1, -0.05) is 305 Å². The summed E-state index contributed by atoms with van der Waals surface area (Å²) in [6.45, 7) is 9.00. The molecule has 80 heavy (non-hydrogen) atoms. The second-order valence-electron chi connectivity index (χ2n) is 24.4. The maximum atomic E-state index is 15.2. The maximum Gasteiger partial charge on any atom is 0.261 e. The van der Waals surface area contributed by atoms with Crippen molar-refractivity contribution in [1.29, 1.82) is 0 Å². The summed E-state index contributed by atoms with van der Waals surface area (Å²) in [6, 6.07) is 6.30. The summed E-state index contributed by atoms with van der Waals surface area (Å²) < 4.78 is 0. The van der Waals surface area contributed by atoms with Crippen LogP contribution >= 0.6 is 46.4 Å². The highest BCUT2D eigenvalue weighted by Gasteiger charge is 2.42. The zero-order valence-electron chi connectivity index (χ0n) is 49.8. The lowest BCUT2D eigenvalue weighted by Gasteiger charge is -2.36. The van der Waals surface area contributed by atoms with Crippen molar-refractivity contribution < 1.29 is 19.2 Å². The van der Waals surface area contributed by atoms with E-state index in [2.05, 4.69) is 27.7 Å². The smallest absolute Gasteiger partial charge is 0.261 e. The normalized spacial score (nSPS) is 13.8. The van der Waals surface area contributed by atoms with Gasteiger partial charge >= 0.3 is 0 Å². The summed E-state index contributed by atoms with van der Waals surface area (Å²) in [7, 11) is 0. The van der Waals surface area contributed by atoms with E-state index < -0.39 is 0 Å². The Kier molecular flexibility index (Phi) is 26.9. The minimum atomic E-state index is -0.343. The van der Waals surface area contributed by atoms with E-state index in [-0.39, 0.29) is 55.8 Å². The summed E-state index contributed by atoms with van der Waals surface area (Å²) in [4.78, 5) is 63.9. The summed E-state index contributed by atoms with van der Waals surface area (Å²) in [5.41, 5.74) is 1.44. The zero-order valence-corrected chi connectivity index (χ0v) is 52.8. The number of benzene rings is 5. The van der Waals surface area contributed by atoms with Gasteiger partial charge in [-0.3, -0.25) is 29.0 Å². The second kappa shape index (κ2) is 33.4. The molecule has 0 saturated carbocycles. The first-order valence-electron chi connectivity index (χ1n) is 32.8. The quantitative estimate of drug-likeness (QED) is 0.0169. The van der Waals surface area contributed by atoms with Crippen LogP contribution in [0.25, 0.3) is 43.1 Å². The van der Waals surface area contributed by atoms with Crippen LogP contribution < -0.4 is 0 Å². The van der Waals surface area contributed by atoms with Gasteiger partial charge in [0.15, 0.2) is 0 Å². The molecule has 0 bridgehead atoms. The van der Waals surface area contributed by atoms with Crippen LogP contribution in [0.3, 0.4) is 0 Å². The van der Waals surface area contributed by atoms with E-state index in [0.717, 1.165) is 103 Å². The number of unbranched alkanes of at least 4 members (excludes halogenated alkanes) is 32. The third-order valence-corrected chi connectivity index (χ3v) is 19.4. The standard InChI is InChI=1S/C70H98Cl4N2O4/c1-5-9-13-17-21-25-29-33-37-41-49(42-38-34-30-26-22-18-14-10-6-2)75-67(77)51-45-55(71)61-63-57(73)47-53-60-54(48-58(74)64(66(60)63)62-56(72)46-52(68(75)78)59(51)65(61)62)70(80)76(69(53)79)50(43-39-35-31-27-23-19-15-11-7-3)44-40-36-32-28-24-20-16-12-8-4/h45-50H,5-44H2,1-4H3. The van der Waals surface area contributed by atoms with Crippen LogP contribution in [0.4, 0.5) is 0 Å². The molecule has 0 unspecified atom stereocenters. The minimum absolute atomic E-state index is 0.262. The Labute approximate surface area is 502 Å². The number of rotatable bonds is 42. The zero-order chi connectivity index (χ0) is 57.0. The van der Waals surface area contributed by atoms with Gasteiger partial charge in [0, 0.05) is 75.3 Å². The van der Waals surface area contributed by atoms with Crippen LogP contribution in [0.1, 0.15) is 326 Å². The molecule has 0 aromatic heterocycles. The molecule has 5 aromatic carbocycles. The molecule has 0 spiro atoms. The number of hydrogen-bond acceptors (Lipinski definition) is 4. The largest absolute Gasteiger partial charge is 0.271 e. The second-order valence-corrected chi connectivity index (χ2v) is 26.0. The first-order chi connectivity index (χ1) is 39.0. The fourth-order valence-electron chi connectivity index (χ4n) is 13.7. The molecule has 0 atom stereocenters. The predicted molar refractivity (Wildman–Crippen MR) is 344 cm³/mol. The molecular formula is C70H98Cl4N2O4. The van der Waals surface area contributed by atoms with E-state index in [1.54, 1.807) is 24.3 Å². The highest BCUT2D eigenvalue weighted by molar-refractivity contribution is 6.56. The van der Waals surface area contributed by atoms with Crippen molar-refractivity contribution >= 4 is 113 Å². The molecule has 440 valence electrons. The van der Waals surface area contributed by atoms with Gasteiger partial charge in [0.25, 0.3) is 23.6 Å². The Morgan fingerprint density at radius 1 is 0.263 bits per heavy atom. The van der Waals surface area contributed by atoms with Crippen molar-refractivity contribution in [1.82, 2.24) is 9.80 Å². The lowest BCUT2D eigenvalue weighted by atomic mass is 9.81. The molecule has 0 N–H and O–H groups in total. The number of hydrogen-bond donors (Lipinski definition) is 0. The van der Waals surface area contributed by atoms with Gasteiger partial charge in [0.05, 0.1) is 22.3 Å². The predicted octanol–water partition coefficient (Wildman–Crippen LogP) is 24.0. The number of nitrogens with zero attached hydrogens (tertiary/aromatic N) is 2. The van der Waals surface area contributed by atoms with E-state index in [1.807, 2.05) is 0 Å². The molecule has 0 radical (unpaired) electrons. The molecule has 2 aliphatic heterocycles. The number of fused-ring (bicyclic) bond motifs is 2. The molecule has 2 aliphatic rings. The third kappa shape index (κ3) is 15.8. The number of imide groups is 2. The average molecular weight is 1170 g/mol. The van der Waals surface area contributed by atoms with Crippen molar-refractivity contribution in [3.63, 3.8) is 0 Å². The third-order valence-electron chi connectivity index (χ3n) is 18.2. The van der Waals surface area contributed by atoms with E-state index >= 15 is 19.2 Å². The van der Waals surface area contributed by atoms with E-state index in [1.165, 1.54) is 164 Å². The van der Waals surface area contributed by atoms with Gasteiger partial charge in [0.2, 0.25) is 0 Å². The average Bonchev–Trinajstić information content (AvgIpc) is 3.53. The van der Waals surface area contributed by atoms with Crippen LogP contribution in [0.5, 0.6) is 0 Å². The highest BCUT2D eigenvalue weighted by Crippen LogP contribution is 2.54. The number of amides is 4. The Hall–Kier alpha value is -3.16. The molecule has 2 heterocycles. The van der Waals surface area contributed by atoms with Crippen molar-refractivity contribution in [2.45, 2.75) is 297 Å². The monoisotopic (exact) mass is 1170 g/mol. The topological polar surface area (TPSA) is 74.8 Å². The Morgan fingerprint density at radius 3 is 0.625 bits per heavy atom. The van der Waals surface area contributed by atoms with Crippen molar-refractivity contribution in [3.8, 4) is 0 Å². The first-order valence-corrected chi connectivity index (χ1v) is 34.3. The van der Waals surface area contributed by atoms with Crippen LogP contribution in [-0.4, -0.2) is 45.5 Å². The minimum Gasteiger partial charge on any atom is -0.271 e. The van der Waals surface area contributed by atoms with Gasteiger partial charge in [-0.05, 0) is 49.9 Å². The van der Waals surface area contributed by atoms with Gasteiger partial charge in [-0.2, -0.15) is 0 Å². The van der Waals surface area contributed by atoms with Gasteiger partial charge in [0.1, 0.15) is 0 Å². The number of carbonyl (C=O) groups excluding carboxylic acids is 4. The van der Waals surface area contributed by atoms with Crippen LogP contribution in [0.15, 0.2) is 24.3 Å². The number of carbonyl (C=O) groups is 4. The van der Waals surface area contributed by atoms with Crippen LogP contribution in [-0.2, 0) is 0 Å². The summed E-state index contributed by atoms with van der Waals surface area (Å²) in [5, 5.41) is 5.26. The van der Waals surface area contributed by atoms with Gasteiger partial charge < -0.3 is 0 Å². The molecule has 5 aromatic rings. The van der Waals surface area contributed by atoms with Crippen LogP contribution in [0, 0.1) is 0 Å². The van der Waals surface area contributed by atoms with E-state index in [0.29, 0.717) is 65.3 Å². The fourth-order valence-corrected chi connectivity index (χ4v) is 14.9. The highest BCUT2D eigenvalue weighted by atomic mass is 35.5. The Bertz CT molecular complexity index is 2460. The van der Waals surface area contributed by atoms with Crippen molar-refractivity contribution in [2.24, 2.45) is 0 Å². The molecule has 0 fully saturated rings. The summed E-state index contributed by atoms with van der Waals surface area (Å²) in [6.07, 6.45) is 46.0. The van der Waals surface area contributed by atoms with Gasteiger partial charge in [-0.15, -0.1) is 0 Å². The number of halogens is 4. The molecule has 4 amide bonds. The molecule has 0 saturated heterocycles. The molecule has 7 rings (SSSR count). The molecular weight excluding hydrogens is 1070 g/mol. The SMILES string of the molecule is CCCCCCCCCCCC(CCCCCCCCCCC)N1C(=O)c2cc(Cl)c3c4c(Cl)cc5c6c(cc(Cl)c(c7c(Cl)cc(c2c37)C1=O)c64)C(=O)N(C(CCCCCCCCCCC)CCCCCCCCCCC)C5=O. The first kappa shape index (κ1) is 64.4. The van der Waals surface area contributed by atoms with Crippen molar-refractivity contribution in [3.05, 3.63) is 66.6 Å². The van der Waals surface area contributed by atoms with Crippen LogP contribution in [0.2, 0.25) is 20.1 Å². The maximum absolute atomic E-state index is 15.2. The molecule has 0 aliphatic carbocycles. The lowest BCUT2D eigenvalue weighted by molar-refractivity contribution is 0.0501. The van der Waals surface area contributed by atoms with Crippen molar-refractivity contribution in [2.75, 3.05) is 0 Å². The summed E-state index contributed by atoms with van der Waals surface area (Å²) in [5.74, 6) is -1.37.